The van der Waals surface area contributed by atoms with Crippen LogP contribution in [0.2, 0.25) is 0 Å². The first-order valence-electron chi connectivity index (χ1n) is 16.1. The van der Waals surface area contributed by atoms with Crippen LogP contribution < -0.4 is 10.6 Å². The highest BCUT2D eigenvalue weighted by molar-refractivity contribution is 5.97. The minimum absolute atomic E-state index is 0.0540. The van der Waals surface area contributed by atoms with Gasteiger partial charge in [-0.2, -0.15) is 0 Å². The first-order chi connectivity index (χ1) is 21.4. The van der Waals surface area contributed by atoms with Gasteiger partial charge in [-0.25, -0.2) is 9.02 Å². The molecule has 1 aromatic heterocycles. The Bertz CT molecular complexity index is 1370. The molecule has 3 amide bonds. The van der Waals surface area contributed by atoms with Gasteiger partial charge in [-0.15, -0.1) is 0 Å². The molecule has 0 unspecified atom stereocenters. The zero-order chi connectivity index (χ0) is 32.8. The molecule has 1 aromatic carbocycles. The molecule has 11 nitrogen and oxygen atoms in total. The van der Waals surface area contributed by atoms with Gasteiger partial charge in [-0.1, -0.05) is 50.9 Å². The quantitative estimate of drug-likeness (QED) is 0.388. The van der Waals surface area contributed by atoms with Gasteiger partial charge in [0, 0.05) is 44.9 Å². The number of ketones is 1. The van der Waals surface area contributed by atoms with Gasteiger partial charge in [0.1, 0.15) is 17.6 Å². The van der Waals surface area contributed by atoms with Crippen molar-refractivity contribution in [3.05, 3.63) is 46.5 Å². The fourth-order valence-electron chi connectivity index (χ4n) is 6.45. The van der Waals surface area contributed by atoms with Gasteiger partial charge in [0.2, 0.25) is 11.8 Å². The second-order valence-corrected chi connectivity index (χ2v) is 13.0. The van der Waals surface area contributed by atoms with Gasteiger partial charge >= 0.3 is 0 Å². The summed E-state index contributed by atoms with van der Waals surface area (Å²) in [5.41, 5.74) is 1.20. The Hall–Kier alpha value is -3.67. The van der Waals surface area contributed by atoms with Gasteiger partial charge in [0.25, 0.3) is 5.91 Å². The van der Waals surface area contributed by atoms with Crippen LogP contribution in [0.25, 0.3) is 0 Å². The number of carbonyl (C=O) groups is 4. The standard InChI is InChI=1S/C33H47FN6O5/c1-7-27-31(38-45-37-27)32(43)36-30(23-10-8-19(2)9-11-23)28(42)17-25-13-12-24(16-26(25)34)21(4)29(35-22(5)41)33(44)40-15-14-39(6)20(3)18-40/h12-13,16,19-21,23,29-30H,7-11,14-15,17-18H2,1-6H3,(H,35,41)(H,36,43)/t19?,20-,21-,23?,29+,30-/m0/s1. The van der Waals surface area contributed by atoms with E-state index in [0.29, 0.717) is 36.7 Å². The number of piperazine rings is 1. The van der Waals surface area contributed by atoms with Gasteiger partial charge in [0.05, 0.1) is 6.04 Å². The van der Waals surface area contributed by atoms with Gasteiger partial charge in [0.15, 0.2) is 11.5 Å². The molecule has 4 atom stereocenters. The van der Waals surface area contributed by atoms with Crippen molar-refractivity contribution >= 4 is 23.5 Å². The highest BCUT2D eigenvalue weighted by Gasteiger charge is 2.36. The van der Waals surface area contributed by atoms with Crippen LogP contribution in [0.15, 0.2) is 22.8 Å². The molecule has 2 aromatic rings. The molecule has 1 aliphatic carbocycles. The Morgan fingerprint density at radius 3 is 2.40 bits per heavy atom. The number of rotatable bonds is 11. The molecule has 2 aliphatic rings. The van der Waals surface area contributed by atoms with E-state index < -0.39 is 29.7 Å². The number of hydrogen-bond donors (Lipinski definition) is 2. The van der Waals surface area contributed by atoms with Crippen molar-refractivity contribution in [2.75, 3.05) is 26.7 Å². The second-order valence-electron chi connectivity index (χ2n) is 13.0. The van der Waals surface area contributed by atoms with E-state index in [9.17, 15) is 19.2 Å². The topological polar surface area (TPSA) is 138 Å². The molecule has 2 N–H and O–H groups in total. The maximum atomic E-state index is 15.6. The van der Waals surface area contributed by atoms with Crippen molar-refractivity contribution < 1.29 is 28.2 Å². The van der Waals surface area contributed by atoms with Crippen LogP contribution in [-0.4, -0.2) is 88.4 Å². The highest BCUT2D eigenvalue weighted by Crippen LogP contribution is 2.32. The number of nitrogens with one attached hydrogen (secondary N) is 2. The summed E-state index contributed by atoms with van der Waals surface area (Å²) in [6.45, 7) is 11.0. The first kappa shape index (κ1) is 34.2. The van der Waals surface area contributed by atoms with Crippen LogP contribution in [0.5, 0.6) is 0 Å². The fraction of sp³-hybridized carbons (Fsp3) is 0.636. The summed E-state index contributed by atoms with van der Waals surface area (Å²) < 4.78 is 20.4. The molecule has 0 bridgehead atoms. The molecule has 1 saturated heterocycles. The largest absolute Gasteiger partial charge is 0.344 e. The number of nitrogens with zero attached hydrogens (tertiary/aromatic N) is 4. The Morgan fingerprint density at radius 1 is 1.07 bits per heavy atom. The summed E-state index contributed by atoms with van der Waals surface area (Å²) in [5.74, 6) is -1.99. The van der Waals surface area contributed by atoms with Crippen molar-refractivity contribution in [2.45, 2.75) is 97.2 Å². The number of amides is 3. The van der Waals surface area contributed by atoms with Crippen LogP contribution in [0.1, 0.15) is 93.5 Å². The van der Waals surface area contributed by atoms with Crippen molar-refractivity contribution in [1.29, 1.82) is 0 Å². The monoisotopic (exact) mass is 626 g/mol. The molecule has 246 valence electrons. The van der Waals surface area contributed by atoms with Gasteiger partial charge in [-0.05, 0) is 67.4 Å². The molecule has 2 fully saturated rings. The number of halogens is 1. The van der Waals surface area contributed by atoms with E-state index in [1.807, 2.05) is 20.9 Å². The van der Waals surface area contributed by atoms with Crippen molar-refractivity contribution in [3.63, 3.8) is 0 Å². The third kappa shape index (κ3) is 8.33. The summed E-state index contributed by atoms with van der Waals surface area (Å²) in [4.78, 5) is 56.4. The Balaban J connectivity index is 1.51. The summed E-state index contributed by atoms with van der Waals surface area (Å²) in [5, 5.41) is 13.2. The van der Waals surface area contributed by atoms with Crippen LogP contribution >= 0.6 is 0 Å². The van der Waals surface area contributed by atoms with E-state index in [1.54, 1.807) is 24.0 Å². The summed E-state index contributed by atoms with van der Waals surface area (Å²) in [6.07, 6.45) is 3.68. The van der Waals surface area contributed by atoms with Crippen molar-refractivity contribution in [2.24, 2.45) is 11.8 Å². The SMILES string of the molecule is CCc1nonc1C(=O)N[C@H](C(=O)Cc1ccc([C@H](C)[C@@H](NC(C)=O)C(=O)N2CCN(C)[C@@H](C)C2)cc1F)C1CCC(C)CC1. The molecular weight excluding hydrogens is 579 g/mol. The number of hydrogen-bond acceptors (Lipinski definition) is 8. The van der Waals surface area contributed by atoms with Crippen molar-refractivity contribution in [3.8, 4) is 0 Å². The predicted molar refractivity (Wildman–Crippen MR) is 166 cm³/mol. The van der Waals surface area contributed by atoms with E-state index in [0.717, 1.165) is 32.2 Å². The summed E-state index contributed by atoms with van der Waals surface area (Å²) >= 11 is 0. The molecule has 1 aliphatic heterocycles. The normalized spacial score (nSPS) is 22.7. The zero-order valence-corrected chi connectivity index (χ0v) is 27.3. The van der Waals surface area contributed by atoms with E-state index in [-0.39, 0.29) is 47.2 Å². The van der Waals surface area contributed by atoms with Gasteiger partial charge in [-0.3, -0.25) is 19.2 Å². The number of aromatic nitrogens is 2. The van der Waals surface area contributed by atoms with Crippen LogP contribution in [0.3, 0.4) is 0 Å². The minimum Gasteiger partial charge on any atom is -0.344 e. The number of aryl methyl sites for hydroxylation is 1. The molecule has 0 spiro atoms. The predicted octanol–water partition coefficient (Wildman–Crippen LogP) is 3.28. The fourth-order valence-corrected chi connectivity index (χ4v) is 6.45. The highest BCUT2D eigenvalue weighted by atomic mass is 19.1. The third-order valence-corrected chi connectivity index (χ3v) is 9.64. The molecule has 0 radical (unpaired) electrons. The Labute approximate surface area is 264 Å². The Morgan fingerprint density at radius 2 is 1.78 bits per heavy atom. The van der Waals surface area contributed by atoms with Gasteiger partial charge < -0.3 is 20.4 Å². The lowest BCUT2D eigenvalue weighted by atomic mass is 9.77. The van der Waals surface area contributed by atoms with Crippen LogP contribution in [0, 0.1) is 17.7 Å². The lowest BCUT2D eigenvalue weighted by Gasteiger charge is -2.40. The maximum Gasteiger partial charge on any atom is 0.276 e. The molecule has 45 heavy (non-hydrogen) atoms. The lowest BCUT2D eigenvalue weighted by Crippen LogP contribution is -2.57. The average molecular weight is 627 g/mol. The number of benzene rings is 1. The Kier molecular flexibility index (Phi) is 11.5. The van der Waals surface area contributed by atoms with E-state index in [4.69, 9.17) is 4.63 Å². The summed E-state index contributed by atoms with van der Waals surface area (Å²) in [7, 11) is 2.01. The first-order valence-corrected chi connectivity index (χ1v) is 16.1. The average Bonchev–Trinajstić information content (AvgIpc) is 3.50. The second kappa shape index (κ2) is 15.1. The maximum absolute atomic E-state index is 15.6. The molecule has 2 heterocycles. The summed E-state index contributed by atoms with van der Waals surface area (Å²) in [6, 6.07) is 3.11. The smallest absolute Gasteiger partial charge is 0.276 e. The molecule has 1 saturated carbocycles. The van der Waals surface area contributed by atoms with E-state index in [1.165, 1.54) is 13.0 Å². The van der Waals surface area contributed by atoms with E-state index >= 15 is 4.39 Å². The molecular formula is C33H47FN6O5. The van der Waals surface area contributed by atoms with E-state index in [2.05, 4.69) is 32.8 Å². The zero-order valence-electron chi connectivity index (χ0n) is 27.3. The number of likely N-dealkylation sites (N-methyl/N-ethyl adjacent to an activating group) is 1. The van der Waals surface area contributed by atoms with Crippen LogP contribution in [0.4, 0.5) is 4.39 Å². The molecule has 4 rings (SSSR count). The number of Topliss-reactive ketones (excluding diaryl/α,β-unsaturated/α-hetero) is 1. The molecule has 12 heteroatoms. The van der Waals surface area contributed by atoms with Crippen LogP contribution in [-0.2, 0) is 27.2 Å². The third-order valence-electron chi connectivity index (χ3n) is 9.64. The lowest BCUT2D eigenvalue weighted by molar-refractivity contribution is -0.138. The minimum atomic E-state index is -0.864. The van der Waals surface area contributed by atoms with Crippen molar-refractivity contribution in [1.82, 2.24) is 30.7 Å². The number of carbonyl (C=O) groups excluding carboxylic acids is 4.